The molecule has 2 N–H and O–H groups in total. The molecule has 0 radical (unpaired) electrons. The summed E-state index contributed by atoms with van der Waals surface area (Å²) in [6.45, 7) is 3.69. The van der Waals surface area contributed by atoms with E-state index in [9.17, 15) is 18.4 Å². The SMILES string of the molecule is CCOC(=O)Nc1cccc(C(=O)Nc2nc(-c3ccc(F)c(F)c3)c(C)s2)c1. The molecule has 29 heavy (non-hydrogen) atoms. The number of rotatable bonds is 5. The van der Waals surface area contributed by atoms with Gasteiger partial charge in [-0.25, -0.2) is 18.6 Å². The molecule has 0 atom stereocenters. The fourth-order valence-electron chi connectivity index (χ4n) is 2.55. The zero-order valence-electron chi connectivity index (χ0n) is 15.6. The zero-order valence-corrected chi connectivity index (χ0v) is 16.4. The number of halogens is 2. The Balaban J connectivity index is 1.76. The predicted molar refractivity (Wildman–Crippen MR) is 107 cm³/mol. The highest BCUT2D eigenvalue weighted by molar-refractivity contribution is 7.16. The highest BCUT2D eigenvalue weighted by atomic mass is 32.1. The van der Waals surface area contributed by atoms with Gasteiger partial charge in [-0.15, -0.1) is 11.3 Å². The number of hydrogen-bond acceptors (Lipinski definition) is 5. The summed E-state index contributed by atoms with van der Waals surface area (Å²) in [4.78, 5) is 29.1. The van der Waals surface area contributed by atoms with E-state index in [1.54, 1.807) is 32.0 Å². The number of carbonyl (C=O) groups excluding carboxylic acids is 2. The maximum Gasteiger partial charge on any atom is 0.411 e. The van der Waals surface area contributed by atoms with Crippen LogP contribution in [0, 0.1) is 18.6 Å². The Labute approximate surface area is 169 Å². The van der Waals surface area contributed by atoms with Crippen molar-refractivity contribution in [3.8, 4) is 11.3 Å². The third kappa shape index (κ3) is 4.94. The van der Waals surface area contributed by atoms with Gasteiger partial charge in [0.1, 0.15) is 0 Å². The lowest BCUT2D eigenvalue weighted by Crippen LogP contribution is -2.15. The van der Waals surface area contributed by atoms with Crippen LogP contribution in [0.25, 0.3) is 11.3 Å². The van der Waals surface area contributed by atoms with Crippen LogP contribution in [0.2, 0.25) is 0 Å². The summed E-state index contributed by atoms with van der Waals surface area (Å²) >= 11 is 1.21. The fourth-order valence-corrected chi connectivity index (χ4v) is 3.38. The first-order valence-corrected chi connectivity index (χ1v) is 9.47. The van der Waals surface area contributed by atoms with Gasteiger partial charge in [-0.2, -0.15) is 0 Å². The summed E-state index contributed by atoms with van der Waals surface area (Å²) < 4.78 is 31.5. The number of ether oxygens (including phenoxy) is 1. The first-order valence-electron chi connectivity index (χ1n) is 8.65. The van der Waals surface area contributed by atoms with Crippen molar-refractivity contribution in [2.75, 3.05) is 17.2 Å². The van der Waals surface area contributed by atoms with Crippen molar-refractivity contribution in [3.63, 3.8) is 0 Å². The average Bonchev–Trinajstić information content (AvgIpc) is 3.04. The van der Waals surface area contributed by atoms with Crippen molar-refractivity contribution in [3.05, 3.63) is 64.5 Å². The molecule has 3 aromatic rings. The van der Waals surface area contributed by atoms with E-state index in [0.29, 0.717) is 27.6 Å². The molecule has 0 saturated heterocycles. The van der Waals surface area contributed by atoms with Crippen LogP contribution in [0.5, 0.6) is 0 Å². The lowest BCUT2D eigenvalue weighted by atomic mass is 10.1. The average molecular weight is 417 g/mol. The molecule has 2 amide bonds. The standard InChI is InChI=1S/C20H17F2N3O3S/c1-3-28-20(27)23-14-6-4-5-13(9-14)18(26)25-19-24-17(11(2)29-19)12-7-8-15(21)16(22)10-12/h4-10H,3H2,1-2H3,(H,23,27)(H,24,25,26). The Morgan fingerprint density at radius 2 is 1.90 bits per heavy atom. The molecule has 0 bridgehead atoms. The van der Waals surface area contributed by atoms with Crippen LogP contribution in [0.1, 0.15) is 22.2 Å². The van der Waals surface area contributed by atoms with Crippen molar-refractivity contribution in [2.24, 2.45) is 0 Å². The number of thiazole rings is 1. The summed E-state index contributed by atoms with van der Waals surface area (Å²) in [7, 11) is 0. The molecule has 0 aliphatic rings. The number of aromatic nitrogens is 1. The van der Waals surface area contributed by atoms with Crippen molar-refractivity contribution >= 4 is 34.2 Å². The normalized spacial score (nSPS) is 10.5. The summed E-state index contributed by atoms with van der Waals surface area (Å²) in [5.41, 5.74) is 1.59. The second-order valence-electron chi connectivity index (χ2n) is 5.93. The van der Waals surface area contributed by atoms with Crippen LogP contribution in [0.4, 0.5) is 24.4 Å². The second-order valence-corrected chi connectivity index (χ2v) is 7.14. The Hall–Kier alpha value is -3.33. The monoisotopic (exact) mass is 417 g/mol. The molecular weight excluding hydrogens is 400 g/mol. The van der Waals surface area contributed by atoms with Crippen molar-refractivity contribution in [2.45, 2.75) is 13.8 Å². The minimum absolute atomic E-state index is 0.232. The number of nitrogens with zero attached hydrogens (tertiary/aromatic N) is 1. The first kappa shape index (κ1) is 20.4. The Morgan fingerprint density at radius 3 is 2.62 bits per heavy atom. The second kappa shape index (κ2) is 8.78. The third-order valence-corrected chi connectivity index (χ3v) is 4.74. The molecule has 150 valence electrons. The molecule has 6 nitrogen and oxygen atoms in total. The van der Waals surface area contributed by atoms with Crippen LogP contribution < -0.4 is 10.6 Å². The van der Waals surface area contributed by atoms with E-state index in [-0.39, 0.29) is 6.61 Å². The molecule has 3 rings (SSSR count). The summed E-state index contributed by atoms with van der Waals surface area (Å²) in [5, 5.41) is 5.52. The van der Waals surface area contributed by atoms with Gasteiger partial charge in [-0.1, -0.05) is 6.07 Å². The lowest BCUT2D eigenvalue weighted by molar-refractivity contribution is 0.102. The van der Waals surface area contributed by atoms with E-state index in [1.807, 2.05) is 0 Å². The van der Waals surface area contributed by atoms with E-state index >= 15 is 0 Å². The van der Waals surface area contributed by atoms with Crippen LogP contribution >= 0.6 is 11.3 Å². The molecule has 0 saturated carbocycles. The van der Waals surface area contributed by atoms with Crippen molar-refractivity contribution < 1.29 is 23.1 Å². The topological polar surface area (TPSA) is 80.3 Å². The number of hydrogen-bond donors (Lipinski definition) is 2. The molecular formula is C20H17F2N3O3S. The molecule has 0 aliphatic carbocycles. The van der Waals surface area contributed by atoms with Gasteiger partial charge in [0.2, 0.25) is 0 Å². The van der Waals surface area contributed by atoms with E-state index in [0.717, 1.165) is 17.0 Å². The molecule has 0 unspecified atom stereocenters. The van der Waals surface area contributed by atoms with Crippen LogP contribution in [-0.4, -0.2) is 23.6 Å². The Morgan fingerprint density at radius 1 is 1.10 bits per heavy atom. The highest BCUT2D eigenvalue weighted by Crippen LogP contribution is 2.31. The molecule has 0 aliphatic heterocycles. The minimum atomic E-state index is -0.966. The van der Waals surface area contributed by atoms with Crippen LogP contribution in [-0.2, 0) is 4.74 Å². The lowest BCUT2D eigenvalue weighted by Gasteiger charge is -2.07. The molecule has 0 spiro atoms. The van der Waals surface area contributed by atoms with Crippen LogP contribution in [0.15, 0.2) is 42.5 Å². The van der Waals surface area contributed by atoms with Gasteiger partial charge in [-0.05, 0) is 50.2 Å². The highest BCUT2D eigenvalue weighted by Gasteiger charge is 2.15. The van der Waals surface area contributed by atoms with E-state index in [2.05, 4.69) is 15.6 Å². The van der Waals surface area contributed by atoms with E-state index < -0.39 is 23.6 Å². The van der Waals surface area contributed by atoms with Crippen molar-refractivity contribution in [1.29, 1.82) is 0 Å². The van der Waals surface area contributed by atoms with Gasteiger partial charge < -0.3 is 4.74 Å². The predicted octanol–water partition coefficient (Wildman–Crippen LogP) is 5.22. The van der Waals surface area contributed by atoms with Crippen LogP contribution in [0.3, 0.4) is 0 Å². The number of benzene rings is 2. The number of anilines is 2. The Kier molecular flexibility index (Phi) is 6.18. The molecule has 9 heteroatoms. The molecule has 1 heterocycles. The van der Waals surface area contributed by atoms with Gasteiger partial charge in [-0.3, -0.25) is 15.4 Å². The zero-order chi connectivity index (χ0) is 21.0. The number of nitrogens with one attached hydrogen (secondary N) is 2. The van der Waals surface area contributed by atoms with Gasteiger partial charge in [0.15, 0.2) is 16.8 Å². The van der Waals surface area contributed by atoms with E-state index in [1.165, 1.54) is 23.5 Å². The van der Waals surface area contributed by atoms with Gasteiger partial charge in [0.25, 0.3) is 5.91 Å². The maximum absolute atomic E-state index is 13.5. The summed E-state index contributed by atoms with van der Waals surface area (Å²) in [6, 6.07) is 9.86. The van der Waals surface area contributed by atoms with Gasteiger partial charge in [0.05, 0.1) is 12.3 Å². The minimum Gasteiger partial charge on any atom is -0.450 e. The summed E-state index contributed by atoms with van der Waals surface area (Å²) in [6.07, 6.45) is -0.614. The largest absolute Gasteiger partial charge is 0.450 e. The van der Waals surface area contributed by atoms with Crippen molar-refractivity contribution in [1.82, 2.24) is 4.98 Å². The van der Waals surface area contributed by atoms with Gasteiger partial charge >= 0.3 is 6.09 Å². The van der Waals surface area contributed by atoms with E-state index in [4.69, 9.17) is 4.74 Å². The Bertz CT molecular complexity index is 1070. The maximum atomic E-state index is 13.5. The quantitative estimate of drug-likeness (QED) is 0.597. The number of carbonyl (C=O) groups is 2. The number of aryl methyl sites for hydroxylation is 1. The molecule has 0 fully saturated rings. The molecule has 2 aromatic carbocycles. The molecule has 1 aromatic heterocycles. The smallest absolute Gasteiger partial charge is 0.411 e. The number of amides is 2. The summed E-state index contributed by atoms with van der Waals surface area (Å²) in [5.74, 6) is -2.33. The van der Waals surface area contributed by atoms with Gasteiger partial charge in [0, 0.05) is 21.7 Å². The third-order valence-electron chi connectivity index (χ3n) is 3.86. The fraction of sp³-hybridized carbons (Fsp3) is 0.150. The first-order chi connectivity index (χ1) is 13.9.